The van der Waals surface area contributed by atoms with Gasteiger partial charge in [-0.3, -0.25) is 4.79 Å². The predicted octanol–water partition coefficient (Wildman–Crippen LogP) is 3.04. The largest absolute Gasteiger partial charge is 0.351 e. The summed E-state index contributed by atoms with van der Waals surface area (Å²) in [4.78, 5) is 13.5. The van der Waals surface area contributed by atoms with E-state index in [1.807, 2.05) is 26.0 Å². The molecular formula is C14H21ClN2OS. The van der Waals surface area contributed by atoms with Gasteiger partial charge in [-0.15, -0.1) is 11.3 Å². The van der Waals surface area contributed by atoms with E-state index in [-0.39, 0.29) is 11.3 Å². The predicted molar refractivity (Wildman–Crippen MR) is 80.6 cm³/mol. The van der Waals surface area contributed by atoms with Gasteiger partial charge < -0.3 is 10.6 Å². The lowest BCUT2D eigenvalue weighted by molar-refractivity contribution is -0.132. The second-order valence-corrected chi connectivity index (χ2v) is 7.45. The standard InChI is InChI=1S/C14H21ClN2OS/c1-14(2,10-4-3-7-16-8-10)13(18)17-9-11-5-6-12(15)19-11/h5-6,10,16H,3-4,7-9H2,1-2H3,(H,17,18). The molecule has 0 saturated carbocycles. The summed E-state index contributed by atoms with van der Waals surface area (Å²) in [5, 5.41) is 6.41. The Morgan fingerprint density at radius 2 is 2.37 bits per heavy atom. The molecule has 1 aromatic rings. The van der Waals surface area contributed by atoms with Crippen molar-refractivity contribution < 1.29 is 4.79 Å². The molecule has 3 nitrogen and oxygen atoms in total. The molecule has 1 aliphatic rings. The zero-order valence-corrected chi connectivity index (χ0v) is 13.0. The summed E-state index contributed by atoms with van der Waals surface area (Å²) in [6.07, 6.45) is 2.28. The van der Waals surface area contributed by atoms with Crippen LogP contribution >= 0.6 is 22.9 Å². The molecule has 2 rings (SSSR count). The van der Waals surface area contributed by atoms with E-state index in [2.05, 4.69) is 10.6 Å². The third-order valence-electron chi connectivity index (χ3n) is 3.95. The number of thiophene rings is 1. The van der Waals surface area contributed by atoms with Gasteiger partial charge in [-0.25, -0.2) is 0 Å². The number of halogens is 1. The molecule has 19 heavy (non-hydrogen) atoms. The monoisotopic (exact) mass is 300 g/mol. The van der Waals surface area contributed by atoms with Gasteiger partial charge in [0.2, 0.25) is 5.91 Å². The highest BCUT2D eigenvalue weighted by molar-refractivity contribution is 7.16. The maximum atomic E-state index is 12.4. The van der Waals surface area contributed by atoms with E-state index >= 15 is 0 Å². The van der Waals surface area contributed by atoms with E-state index in [4.69, 9.17) is 11.6 Å². The van der Waals surface area contributed by atoms with Crippen LogP contribution < -0.4 is 10.6 Å². The molecule has 106 valence electrons. The van der Waals surface area contributed by atoms with Crippen molar-refractivity contribution in [3.05, 3.63) is 21.3 Å². The van der Waals surface area contributed by atoms with E-state index in [0.29, 0.717) is 12.5 Å². The van der Waals surface area contributed by atoms with Crippen LogP contribution in [0.1, 0.15) is 31.6 Å². The molecule has 0 bridgehead atoms. The molecule has 2 heterocycles. The number of amides is 1. The highest BCUT2D eigenvalue weighted by Crippen LogP contribution is 2.32. The molecular weight excluding hydrogens is 280 g/mol. The Kier molecular flexibility index (Phi) is 4.87. The van der Waals surface area contributed by atoms with Crippen molar-refractivity contribution in [2.45, 2.75) is 33.2 Å². The first-order valence-electron chi connectivity index (χ1n) is 6.73. The normalized spacial score (nSPS) is 20.3. The van der Waals surface area contributed by atoms with Crippen LogP contribution in [0.25, 0.3) is 0 Å². The lowest BCUT2D eigenvalue weighted by Gasteiger charge is -2.36. The maximum absolute atomic E-state index is 12.4. The van der Waals surface area contributed by atoms with Gasteiger partial charge in [0.15, 0.2) is 0 Å². The zero-order chi connectivity index (χ0) is 13.9. The van der Waals surface area contributed by atoms with Crippen LogP contribution in [-0.4, -0.2) is 19.0 Å². The summed E-state index contributed by atoms with van der Waals surface area (Å²) < 4.78 is 0.764. The number of rotatable bonds is 4. The van der Waals surface area contributed by atoms with Crippen LogP contribution in [0, 0.1) is 11.3 Å². The van der Waals surface area contributed by atoms with Crippen molar-refractivity contribution in [1.29, 1.82) is 0 Å². The Balaban J connectivity index is 1.90. The SMILES string of the molecule is CC(C)(C(=O)NCc1ccc(Cl)s1)C1CCCNC1. The minimum absolute atomic E-state index is 0.130. The Morgan fingerprint density at radius 3 is 2.95 bits per heavy atom. The van der Waals surface area contributed by atoms with Crippen molar-refractivity contribution in [3.8, 4) is 0 Å². The Hall–Kier alpha value is -0.580. The van der Waals surface area contributed by atoms with Gasteiger partial charge in [0.25, 0.3) is 0 Å². The zero-order valence-electron chi connectivity index (χ0n) is 11.5. The third-order valence-corrected chi connectivity index (χ3v) is 5.19. The molecule has 1 fully saturated rings. The van der Waals surface area contributed by atoms with Crippen LogP contribution in [0.3, 0.4) is 0 Å². The minimum Gasteiger partial charge on any atom is -0.351 e. The van der Waals surface area contributed by atoms with Crippen molar-refractivity contribution in [3.63, 3.8) is 0 Å². The summed E-state index contributed by atoms with van der Waals surface area (Å²) in [6.45, 7) is 6.66. The molecule has 0 radical (unpaired) electrons. The Morgan fingerprint density at radius 1 is 1.58 bits per heavy atom. The van der Waals surface area contributed by atoms with Crippen LogP contribution in [0.4, 0.5) is 0 Å². The molecule has 1 atom stereocenters. The maximum Gasteiger partial charge on any atom is 0.226 e. The molecule has 1 amide bonds. The highest BCUT2D eigenvalue weighted by Gasteiger charge is 2.36. The summed E-state index contributed by atoms with van der Waals surface area (Å²) in [6, 6.07) is 3.83. The number of carbonyl (C=O) groups is 1. The lowest BCUT2D eigenvalue weighted by atomic mass is 9.74. The van der Waals surface area contributed by atoms with Crippen molar-refractivity contribution in [2.24, 2.45) is 11.3 Å². The Labute approximate surface area is 123 Å². The van der Waals surface area contributed by atoms with Crippen molar-refractivity contribution >= 4 is 28.8 Å². The Bertz CT molecular complexity index is 438. The molecule has 1 unspecified atom stereocenters. The molecule has 1 saturated heterocycles. The lowest BCUT2D eigenvalue weighted by Crippen LogP contribution is -2.47. The van der Waals surface area contributed by atoms with Crippen molar-refractivity contribution in [1.82, 2.24) is 10.6 Å². The average Bonchev–Trinajstić information content (AvgIpc) is 2.82. The minimum atomic E-state index is -0.325. The first-order valence-corrected chi connectivity index (χ1v) is 7.93. The van der Waals surface area contributed by atoms with E-state index in [9.17, 15) is 4.79 Å². The van der Waals surface area contributed by atoms with Gasteiger partial charge in [-0.05, 0) is 44.0 Å². The molecule has 1 aromatic heterocycles. The van der Waals surface area contributed by atoms with E-state index in [1.54, 1.807) is 0 Å². The first kappa shape index (κ1) is 14.8. The third kappa shape index (κ3) is 3.71. The molecule has 0 spiro atoms. The topological polar surface area (TPSA) is 41.1 Å². The molecule has 1 aliphatic heterocycles. The second kappa shape index (κ2) is 6.25. The second-order valence-electron chi connectivity index (χ2n) is 5.65. The number of nitrogens with one attached hydrogen (secondary N) is 2. The van der Waals surface area contributed by atoms with Crippen LogP contribution in [0.2, 0.25) is 4.34 Å². The van der Waals surface area contributed by atoms with Gasteiger partial charge in [0.1, 0.15) is 0 Å². The number of hydrogen-bond acceptors (Lipinski definition) is 3. The summed E-state index contributed by atoms with van der Waals surface area (Å²) in [5.41, 5.74) is -0.325. The van der Waals surface area contributed by atoms with Crippen molar-refractivity contribution in [2.75, 3.05) is 13.1 Å². The number of piperidine rings is 1. The van der Waals surface area contributed by atoms with Gasteiger partial charge >= 0.3 is 0 Å². The van der Waals surface area contributed by atoms with Crippen LogP contribution in [0.15, 0.2) is 12.1 Å². The van der Waals surface area contributed by atoms with E-state index < -0.39 is 0 Å². The highest BCUT2D eigenvalue weighted by atomic mass is 35.5. The van der Waals surface area contributed by atoms with Crippen LogP contribution in [-0.2, 0) is 11.3 Å². The van der Waals surface area contributed by atoms with E-state index in [0.717, 1.165) is 35.1 Å². The van der Waals surface area contributed by atoms with Crippen LogP contribution in [0.5, 0.6) is 0 Å². The summed E-state index contributed by atoms with van der Waals surface area (Å²) >= 11 is 7.40. The fraction of sp³-hybridized carbons (Fsp3) is 0.643. The van der Waals surface area contributed by atoms with Gasteiger partial charge in [-0.2, -0.15) is 0 Å². The van der Waals surface area contributed by atoms with Gasteiger partial charge in [0, 0.05) is 10.3 Å². The smallest absolute Gasteiger partial charge is 0.226 e. The summed E-state index contributed by atoms with van der Waals surface area (Å²) in [5.74, 6) is 0.541. The molecule has 2 N–H and O–H groups in total. The first-order chi connectivity index (χ1) is 9.00. The number of carbonyl (C=O) groups excluding carboxylic acids is 1. The fourth-order valence-corrected chi connectivity index (χ4v) is 3.52. The molecule has 5 heteroatoms. The van der Waals surface area contributed by atoms with E-state index in [1.165, 1.54) is 11.3 Å². The number of hydrogen-bond donors (Lipinski definition) is 2. The summed E-state index contributed by atoms with van der Waals surface area (Å²) in [7, 11) is 0. The molecule has 0 aromatic carbocycles. The van der Waals surface area contributed by atoms with Gasteiger partial charge in [0.05, 0.1) is 10.9 Å². The fourth-order valence-electron chi connectivity index (χ4n) is 2.50. The van der Waals surface area contributed by atoms with Gasteiger partial charge in [-0.1, -0.05) is 25.4 Å². The molecule has 0 aliphatic carbocycles. The average molecular weight is 301 g/mol. The quantitative estimate of drug-likeness (QED) is 0.897.